The number of nitrogens with one attached hydrogen (secondary N) is 1. The van der Waals surface area contributed by atoms with E-state index in [1.165, 1.54) is 6.07 Å². The van der Waals surface area contributed by atoms with Crippen molar-refractivity contribution in [3.8, 4) is 5.75 Å². The van der Waals surface area contributed by atoms with Crippen molar-refractivity contribution in [3.63, 3.8) is 0 Å². The molecule has 1 unspecified atom stereocenters. The molecule has 0 fully saturated rings. The van der Waals surface area contributed by atoms with Gasteiger partial charge in [0.25, 0.3) is 0 Å². The average molecular weight is 228 g/mol. The van der Waals surface area contributed by atoms with Crippen LogP contribution >= 0.6 is 0 Å². The topological polar surface area (TPSA) is 59.1 Å². The molecule has 0 bridgehead atoms. The van der Waals surface area contributed by atoms with Crippen LogP contribution in [-0.2, 0) is 0 Å². The van der Waals surface area contributed by atoms with E-state index in [1.54, 1.807) is 0 Å². The Kier molecular flexibility index (Phi) is 4.22. The van der Waals surface area contributed by atoms with Crippen LogP contribution in [-0.4, -0.2) is 11.9 Å². The summed E-state index contributed by atoms with van der Waals surface area (Å²) in [4.78, 5) is 0. The minimum atomic E-state index is -0.748. The van der Waals surface area contributed by atoms with E-state index in [1.807, 2.05) is 6.92 Å². The van der Waals surface area contributed by atoms with E-state index in [0.717, 1.165) is 12.1 Å². The van der Waals surface area contributed by atoms with Crippen molar-refractivity contribution in [2.24, 2.45) is 5.73 Å². The Morgan fingerprint density at radius 2 is 2.19 bits per heavy atom. The number of ether oxygens (including phenoxy) is 1. The van der Waals surface area contributed by atoms with Gasteiger partial charge in [-0.1, -0.05) is 6.92 Å². The van der Waals surface area contributed by atoms with Crippen molar-refractivity contribution in [3.05, 3.63) is 29.8 Å². The molecule has 0 aliphatic heterocycles. The fraction of sp³-hybridized carbons (Fsp3) is 0.364. The number of hydrogen-bond acceptors (Lipinski definition) is 2. The average Bonchev–Trinajstić information content (AvgIpc) is 2.20. The van der Waals surface area contributed by atoms with Crippen LogP contribution in [0.5, 0.6) is 5.75 Å². The van der Waals surface area contributed by atoms with Gasteiger partial charge in [0.1, 0.15) is 11.9 Å². The largest absolute Gasteiger partial charge is 0.487 e. The van der Waals surface area contributed by atoms with E-state index in [9.17, 15) is 8.78 Å². The number of amidine groups is 1. The lowest BCUT2D eigenvalue weighted by Crippen LogP contribution is -2.24. The van der Waals surface area contributed by atoms with Crippen molar-refractivity contribution < 1.29 is 13.5 Å². The Labute approximate surface area is 92.7 Å². The van der Waals surface area contributed by atoms with Crippen molar-refractivity contribution in [2.45, 2.75) is 25.9 Å². The Morgan fingerprint density at radius 1 is 1.50 bits per heavy atom. The first-order valence-electron chi connectivity index (χ1n) is 4.97. The first-order chi connectivity index (χ1) is 7.52. The Morgan fingerprint density at radius 3 is 2.69 bits per heavy atom. The summed E-state index contributed by atoms with van der Waals surface area (Å²) in [6.07, 6.45) is 0.460. The zero-order valence-electron chi connectivity index (χ0n) is 8.97. The van der Waals surface area contributed by atoms with Crippen LogP contribution in [0, 0.1) is 17.0 Å². The molecule has 0 heterocycles. The number of nitrogens with two attached hydrogens (primary N) is 1. The van der Waals surface area contributed by atoms with E-state index in [-0.39, 0.29) is 24.1 Å². The Bertz CT molecular complexity index is 382. The molecule has 0 saturated heterocycles. The van der Waals surface area contributed by atoms with Crippen LogP contribution in [0.1, 0.15) is 19.8 Å². The SMILES string of the molecule is CCC(CC(=N)N)Oc1ccc(F)cc1F. The van der Waals surface area contributed by atoms with Gasteiger partial charge >= 0.3 is 0 Å². The maximum absolute atomic E-state index is 13.2. The van der Waals surface area contributed by atoms with Gasteiger partial charge in [0.05, 0.1) is 5.84 Å². The molecule has 0 amide bonds. The molecule has 0 aliphatic rings. The molecule has 3 nitrogen and oxygen atoms in total. The molecule has 88 valence electrons. The highest BCUT2D eigenvalue weighted by Gasteiger charge is 2.13. The van der Waals surface area contributed by atoms with Gasteiger partial charge in [0.2, 0.25) is 0 Å². The minimum Gasteiger partial charge on any atom is -0.487 e. The molecule has 1 aromatic rings. The summed E-state index contributed by atoms with van der Waals surface area (Å²) >= 11 is 0. The third-order valence-corrected chi connectivity index (χ3v) is 2.09. The molecule has 0 aliphatic carbocycles. The summed E-state index contributed by atoms with van der Waals surface area (Å²) in [7, 11) is 0. The molecule has 0 radical (unpaired) electrons. The third-order valence-electron chi connectivity index (χ3n) is 2.09. The van der Waals surface area contributed by atoms with Gasteiger partial charge in [-0.05, 0) is 18.6 Å². The van der Waals surface area contributed by atoms with Crippen LogP contribution < -0.4 is 10.5 Å². The fourth-order valence-corrected chi connectivity index (χ4v) is 1.26. The maximum atomic E-state index is 13.2. The van der Waals surface area contributed by atoms with Gasteiger partial charge < -0.3 is 10.5 Å². The second kappa shape index (κ2) is 5.44. The highest BCUT2D eigenvalue weighted by atomic mass is 19.1. The van der Waals surface area contributed by atoms with Crippen LogP contribution in [0.15, 0.2) is 18.2 Å². The van der Waals surface area contributed by atoms with E-state index in [2.05, 4.69) is 0 Å². The lowest BCUT2D eigenvalue weighted by atomic mass is 10.2. The molecule has 3 N–H and O–H groups in total. The normalized spacial score (nSPS) is 12.2. The summed E-state index contributed by atoms with van der Waals surface area (Å²) in [5.41, 5.74) is 5.23. The van der Waals surface area contributed by atoms with Gasteiger partial charge in [-0.15, -0.1) is 0 Å². The molecule has 1 aromatic carbocycles. The molecule has 1 atom stereocenters. The highest BCUT2D eigenvalue weighted by Crippen LogP contribution is 2.20. The van der Waals surface area contributed by atoms with Crippen molar-refractivity contribution in [2.75, 3.05) is 0 Å². The molecular formula is C11H14F2N2O. The van der Waals surface area contributed by atoms with E-state index < -0.39 is 11.6 Å². The van der Waals surface area contributed by atoms with Crippen LogP contribution in [0.25, 0.3) is 0 Å². The summed E-state index contributed by atoms with van der Waals surface area (Å²) in [5, 5.41) is 7.13. The van der Waals surface area contributed by atoms with Crippen LogP contribution in [0.4, 0.5) is 8.78 Å². The number of benzene rings is 1. The molecule has 0 spiro atoms. The second-order valence-corrected chi connectivity index (χ2v) is 3.45. The molecule has 0 aromatic heterocycles. The van der Waals surface area contributed by atoms with Crippen molar-refractivity contribution in [1.82, 2.24) is 0 Å². The Hall–Kier alpha value is -1.65. The quantitative estimate of drug-likeness (QED) is 0.600. The van der Waals surface area contributed by atoms with Gasteiger partial charge in [-0.3, -0.25) is 5.41 Å². The van der Waals surface area contributed by atoms with Crippen molar-refractivity contribution in [1.29, 1.82) is 5.41 Å². The first-order valence-corrected chi connectivity index (χ1v) is 4.97. The lowest BCUT2D eigenvalue weighted by molar-refractivity contribution is 0.195. The van der Waals surface area contributed by atoms with E-state index >= 15 is 0 Å². The molecular weight excluding hydrogens is 214 g/mol. The summed E-state index contributed by atoms with van der Waals surface area (Å²) < 4.78 is 31.2. The summed E-state index contributed by atoms with van der Waals surface area (Å²) in [6, 6.07) is 3.11. The van der Waals surface area contributed by atoms with Gasteiger partial charge in [0.15, 0.2) is 11.6 Å². The predicted molar refractivity (Wildman–Crippen MR) is 57.6 cm³/mol. The van der Waals surface area contributed by atoms with E-state index in [0.29, 0.717) is 6.42 Å². The van der Waals surface area contributed by atoms with Crippen LogP contribution in [0.3, 0.4) is 0 Å². The standard InChI is InChI=1S/C11H14F2N2O/c1-2-8(6-11(14)15)16-10-4-3-7(12)5-9(10)13/h3-5,8H,2,6H2,1H3,(H3,14,15). The van der Waals surface area contributed by atoms with Crippen LogP contribution in [0.2, 0.25) is 0 Å². The summed E-state index contributed by atoms with van der Waals surface area (Å²) in [5.74, 6) is -1.43. The smallest absolute Gasteiger partial charge is 0.167 e. The predicted octanol–water partition coefficient (Wildman–Crippen LogP) is 2.45. The molecule has 5 heteroatoms. The third kappa shape index (κ3) is 3.49. The molecule has 0 saturated carbocycles. The van der Waals surface area contributed by atoms with Gasteiger partial charge in [0, 0.05) is 12.5 Å². The number of rotatable bonds is 5. The number of halogens is 2. The lowest BCUT2D eigenvalue weighted by Gasteiger charge is -2.17. The number of hydrogen-bond donors (Lipinski definition) is 2. The van der Waals surface area contributed by atoms with E-state index in [4.69, 9.17) is 15.9 Å². The molecule has 1 rings (SSSR count). The summed E-state index contributed by atoms with van der Waals surface area (Å²) in [6.45, 7) is 1.84. The van der Waals surface area contributed by atoms with Gasteiger partial charge in [-0.2, -0.15) is 0 Å². The zero-order chi connectivity index (χ0) is 12.1. The molecule has 16 heavy (non-hydrogen) atoms. The fourth-order valence-electron chi connectivity index (χ4n) is 1.26. The monoisotopic (exact) mass is 228 g/mol. The highest BCUT2D eigenvalue weighted by molar-refractivity contribution is 5.77. The zero-order valence-corrected chi connectivity index (χ0v) is 8.97. The van der Waals surface area contributed by atoms with Gasteiger partial charge in [-0.25, -0.2) is 8.78 Å². The van der Waals surface area contributed by atoms with Crippen molar-refractivity contribution >= 4 is 5.84 Å². The minimum absolute atomic E-state index is 0.0190. The first kappa shape index (κ1) is 12.4. The second-order valence-electron chi connectivity index (χ2n) is 3.45. The maximum Gasteiger partial charge on any atom is 0.167 e. The Balaban J connectivity index is 2.73.